The summed E-state index contributed by atoms with van der Waals surface area (Å²) in [5, 5.41) is 86.7. The van der Waals surface area contributed by atoms with Gasteiger partial charge in [-0.2, -0.15) is 0 Å². The summed E-state index contributed by atoms with van der Waals surface area (Å²) in [5.41, 5.74) is 0. The third-order valence-electron chi connectivity index (χ3n) is 13.8. The fourth-order valence-electron chi connectivity index (χ4n) is 9.12. The van der Waals surface area contributed by atoms with Gasteiger partial charge in [0.15, 0.2) is 12.6 Å². The van der Waals surface area contributed by atoms with E-state index in [-0.39, 0.29) is 18.9 Å². The van der Waals surface area contributed by atoms with Crippen molar-refractivity contribution in [1.29, 1.82) is 0 Å². The lowest BCUT2D eigenvalue weighted by molar-refractivity contribution is -0.359. The predicted octanol–water partition coefficient (Wildman–Crippen LogP) is 9.72. The van der Waals surface area contributed by atoms with Gasteiger partial charge in [0.1, 0.15) is 48.8 Å². The maximum atomic E-state index is 13.2. The highest BCUT2D eigenvalue weighted by molar-refractivity contribution is 5.76. The molecule has 0 bridgehead atoms. The van der Waals surface area contributed by atoms with E-state index in [9.17, 15) is 45.6 Å². The first-order chi connectivity index (χ1) is 36.6. The molecule has 14 heteroatoms. The topological polar surface area (TPSA) is 228 Å². The number of aliphatic hydroxyl groups excluding tert-OH is 8. The third kappa shape index (κ3) is 32.0. The van der Waals surface area contributed by atoms with Crippen molar-refractivity contribution in [3.05, 3.63) is 85.1 Å². The molecule has 9 N–H and O–H groups in total. The van der Waals surface area contributed by atoms with Gasteiger partial charge in [-0.1, -0.05) is 208 Å². The summed E-state index contributed by atoms with van der Waals surface area (Å²) in [6.07, 6.45) is 45.2. The minimum atomic E-state index is -1.79. The van der Waals surface area contributed by atoms with Gasteiger partial charge in [0.05, 0.1) is 32.0 Å². The molecular formula is C61H105NO13. The van der Waals surface area contributed by atoms with E-state index in [1.54, 1.807) is 6.08 Å². The molecule has 12 unspecified atom stereocenters. The number of carbonyl (C=O) groups is 1. The molecule has 2 aliphatic rings. The fraction of sp³-hybridized carbons (Fsp3) is 0.754. The van der Waals surface area contributed by atoms with E-state index in [4.69, 9.17) is 18.9 Å². The summed E-state index contributed by atoms with van der Waals surface area (Å²) in [5.74, 6) is -0.247. The number of hydrogen-bond acceptors (Lipinski definition) is 13. The molecule has 1 amide bonds. The van der Waals surface area contributed by atoms with Crippen LogP contribution >= 0.6 is 0 Å². The lowest BCUT2D eigenvalue weighted by Crippen LogP contribution is -2.65. The number of rotatable bonds is 45. The highest BCUT2D eigenvalue weighted by Gasteiger charge is 2.51. The summed E-state index contributed by atoms with van der Waals surface area (Å²) in [7, 11) is 0. The van der Waals surface area contributed by atoms with Crippen molar-refractivity contribution in [3.8, 4) is 0 Å². The molecule has 2 aliphatic heterocycles. The number of amides is 1. The van der Waals surface area contributed by atoms with Crippen LogP contribution in [0.25, 0.3) is 0 Å². The number of aliphatic hydroxyl groups is 8. The number of allylic oxidation sites excluding steroid dienone is 13. The van der Waals surface area contributed by atoms with Crippen molar-refractivity contribution in [2.45, 2.75) is 274 Å². The van der Waals surface area contributed by atoms with E-state index in [0.29, 0.717) is 6.42 Å². The van der Waals surface area contributed by atoms with Crippen LogP contribution in [0.4, 0.5) is 0 Å². The Labute approximate surface area is 452 Å². The number of hydrogen-bond donors (Lipinski definition) is 9. The maximum Gasteiger partial charge on any atom is 0.220 e. The van der Waals surface area contributed by atoms with E-state index < -0.39 is 86.8 Å². The first kappa shape index (κ1) is 68.3. The molecule has 0 aromatic heterocycles. The van der Waals surface area contributed by atoms with Gasteiger partial charge in [-0.25, -0.2) is 0 Å². The van der Waals surface area contributed by atoms with Gasteiger partial charge in [0.2, 0.25) is 5.91 Å². The van der Waals surface area contributed by atoms with Crippen LogP contribution in [0.15, 0.2) is 85.1 Å². The normalized spacial score (nSPS) is 25.7. The van der Waals surface area contributed by atoms with Gasteiger partial charge >= 0.3 is 0 Å². The van der Waals surface area contributed by atoms with E-state index >= 15 is 0 Å². The fourth-order valence-corrected chi connectivity index (χ4v) is 9.12. The standard InChI is InChI=1S/C61H105NO13/c1-3-5-7-9-11-13-14-15-16-17-18-19-20-21-22-23-24-25-26-27-28-29-30-31-32-33-34-35-36-37-39-41-43-45-53(66)62-49(50(65)44-42-40-38-12-10-8-6-4-2)48-72-60-58(71)56(69)59(52(47-64)74-60)75-61-57(70)55(68)54(67)51(46-63)73-61/h5,7,11,13,15-16,18-19,21-22,24-25,42,44,49-52,54-61,63-65,67-71H,3-4,6,8-10,12,14,17,20,23,26-41,43,45-48H2,1-2H3,(H,62,66)/b7-5-,13-11-,16-15-,19-18-,22-21-,25-24-,44-42+. The van der Waals surface area contributed by atoms with Gasteiger partial charge < -0.3 is 65.1 Å². The average Bonchev–Trinajstić information content (AvgIpc) is 3.41. The number of nitrogens with one attached hydrogen (secondary N) is 1. The summed E-state index contributed by atoms with van der Waals surface area (Å²) in [4.78, 5) is 13.2. The molecule has 14 nitrogen and oxygen atoms in total. The zero-order chi connectivity index (χ0) is 54.6. The van der Waals surface area contributed by atoms with Crippen LogP contribution < -0.4 is 5.32 Å². The Balaban J connectivity index is 1.61. The van der Waals surface area contributed by atoms with Crippen molar-refractivity contribution in [2.75, 3.05) is 19.8 Å². The monoisotopic (exact) mass is 1060 g/mol. The third-order valence-corrected chi connectivity index (χ3v) is 13.8. The summed E-state index contributed by atoms with van der Waals surface area (Å²) in [6.45, 7) is 2.61. The Morgan fingerprint density at radius 2 is 0.920 bits per heavy atom. The van der Waals surface area contributed by atoms with Crippen LogP contribution in [0, 0.1) is 0 Å². The molecule has 2 fully saturated rings. The second kappa shape index (κ2) is 46.1. The summed E-state index contributed by atoms with van der Waals surface area (Å²) in [6, 6.07) is -0.916. The first-order valence-electron chi connectivity index (χ1n) is 29.3. The molecule has 0 saturated carbocycles. The highest BCUT2D eigenvalue weighted by atomic mass is 16.7. The average molecular weight is 1060 g/mol. The summed E-state index contributed by atoms with van der Waals surface area (Å²) >= 11 is 0. The van der Waals surface area contributed by atoms with E-state index in [0.717, 1.165) is 83.5 Å². The molecule has 432 valence electrons. The first-order valence-corrected chi connectivity index (χ1v) is 29.3. The Hall–Kier alpha value is -2.83. The van der Waals surface area contributed by atoms with Crippen LogP contribution in [0.3, 0.4) is 0 Å². The van der Waals surface area contributed by atoms with E-state index in [2.05, 4.69) is 92.1 Å². The minimum Gasteiger partial charge on any atom is -0.394 e. The van der Waals surface area contributed by atoms with Gasteiger partial charge in [0, 0.05) is 6.42 Å². The van der Waals surface area contributed by atoms with E-state index in [1.165, 1.54) is 89.9 Å². The quantitative estimate of drug-likeness (QED) is 0.0205. The second-order valence-electron chi connectivity index (χ2n) is 20.4. The molecular weight excluding hydrogens is 955 g/mol. The van der Waals surface area contributed by atoms with Gasteiger partial charge in [-0.15, -0.1) is 0 Å². The molecule has 0 radical (unpaired) electrons. The molecule has 2 rings (SSSR count). The van der Waals surface area contributed by atoms with Crippen molar-refractivity contribution >= 4 is 5.91 Å². The Kier molecular flexibility index (Phi) is 42.0. The van der Waals surface area contributed by atoms with Crippen LogP contribution in [0.2, 0.25) is 0 Å². The zero-order valence-electron chi connectivity index (χ0n) is 46.3. The molecule has 0 aliphatic carbocycles. The maximum absolute atomic E-state index is 13.2. The predicted molar refractivity (Wildman–Crippen MR) is 300 cm³/mol. The smallest absolute Gasteiger partial charge is 0.220 e. The molecule has 2 heterocycles. The molecule has 12 atom stereocenters. The molecule has 0 aromatic carbocycles. The Bertz CT molecular complexity index is 1580. The lowest BCUT2D eigenvalue weighted by atomic mass is 9.97. The van der Waals surface area contributed by atoms with Gasteiger partial charge in [0.25, 0.3) is 0 Å². The van der Waals surface area contributed by atoms with Crippen LogP contribution in [-0.4, -0.2) is 140 Å². The van der Waals surface area contributed by atoms with Crippen molar-refractivity contribution in [2.24, 2.45) is 0 Å². The van der Waals surface area contributed by atoms with E-state index in [1.807, 2.05) is 6.08 Å². The van der Waals surface area contributed by atoms with Crippen LogP contribution in [-0.2, 0) is 23.7 Å². The van der Waals surface area contributed by atoms with Crippen molar-refractivity contribution in [3.63, 3.8) is 0 Å². The van der Waals surface area contributed by atoms with Gasteiger partial charge in [-0.3, -0.25) is 4.79 Å². The SMILES string of the molecule is CC/C=C\C/C=C\C/C=C\C/C=C\C/C=C\C/C=C\CCCCCCCCCCCCCCCCC(=O)NC(COC1OC(CO)C(OC2OC(CO)C(O)C(O)C2O)C(O)C1O)C(O)/C=C/CCCCCCCC. The molecule has 0 spiro atoms. The van der Waals surface area contributed by atoms with Gasteiger partial charge in [-0.05, 0) is 70.6 Å². The van der Waals surface area contributed by atoms with Crippen molar-refractivity contribution < 1.29 is 64.6 Å². The van der Waals surface area contributed by atoms with Crippen LogP contribution in [0.1, 0.15) is 200 Å². The number of carbonyl (C=O) groups excluding carboxylic acids is 1. The second-order valence-corrected chi connectivity index (χ2v) is 20.4. The lowest BCUT2D eigenvalue weighted by Gasteiger charge is -2.46. The molecule has 0 aromatic rings. The zero-order valence-corrected chi connectivity index (χ0v) is 46.3. The Morgan fingerprint density at radius 1 is 0.493 bits per heavy atom. The molecule has 2 saturated heterocycles. The van der Waals surface area contributed by atoms with Crippen LogP contribution in [0.5, 0.6) is 0 Å². The Morgan fingerprint density at radius 3 is 1.41 bits per heavy atom. The summed E-state index contributed by atoms with van der Waals surface area (Å²) < 4.78 is 22.7. The highest BCUT2D eigenvalue weighted by Crippen LogP contribution is 2.30. The number of unbranched alkanes of at least 4 members (excludes halogenated alkanes) is 20. The minimum absolute atomic E-state index is 0.247. The molecule has 75 heavy (non-hydrogen) atoms. The number of ether oxygens (including phenoxy) is 4. The van der Waals surface area contributed by atoms with Crippen molar-refractivity contribution in [1.82, 2.24) is 5.32 Å². The largest absolute Gasteiger partial charge is 0.394 e.